The number of phenols is 1. The maximum absolute atomic E-state index is 10.0. The Balaban J connectivity index is 2.25. The fourth-order valence-corrected chi connectivity index (χ4v) is 2.01. The number of rotatable bonds is 2. The van der Waals surface area contributed by atoms with E-state index in [-0.39, 0.29) is 11.7 Å². The average Bonchev–Trinajstić information content (AvgIpc) is 2.48. The van der Waals surface area contributed by atoms with Gasteiger partial charge in [-0.2, -0.15) is 0 Å². The molecule has 3 aromatic rings. The fraction of sp³-hybridized carbons (Fsp3) is 0. The molecule has 0 saturated heterocycles. The Morgan fingerprint density at radius 2 is 1.80 bits per heavy atom. The van der Waals surface area contributed by atoms with E-state index in [1.165, 1.54) is 0 Å². The number of para-hydroxylation sites is 1. The van der Waals surface area contributed by atoms with E-state index in [2.05, 4.69) is 15.0 Å². The van der Waals surface area contributed by atoms with Crippen molar-refractivity contribution in [2.45, 2.75) is 0 Å². The van der Waals surface area contributed by atoms with Crippen molar-refractivity contribution in [3.63, 3.8) is 0 Å². The number of nitrogens with two attached hydrogens (primary N) is 1. The summed E-state index contributed by atoms with van der Waals surface area (Å²) < 4.78 is 0. The van der Waals surface area contributed by atoms with Gasteiger partial charge < -0.3 is 10.8 Å². The number of hydrogen-bond donors (Lipinski definition) is 2. The lowest BCUT2D eigenvalue weighted by Crippen LogP contribution is -1.98. The van der Waals surface area contributed by atoms with E-state index in [0.29, 0.717) is 11.3 Å². The predicted octanol–water partition coefficient (Wildman–Crippen LogP) is 2.49. The normalized spacial score (nSPS) is 10.4. The molecule has 1 aromatic carbocycles. The zero-order chi connectivity index (χ0) is 13.9. The van der Waals surface area contributed by atoms with Crippen molar-refractivity contribution in [3.05, 3.63) is 55.0 Å². The van der Waals surface area contributed by atoms with Gasteiger partial charge in [0.05, 0.1) is 5.69 Å². The highest BCUT2D eigenvalue weighted by atomic mass is 16.3. The summed E-state index contributed by atoms with van der Waals surface area (Å²) in [7, 11) is 0. The van der Waals surface area contributed by atoms with Crippen LogP contribution in [-0.4, -0.2) is 20.1 Å². The molecule has 0 spiro atoms. The van der Waals surface area contributed by atoms with Gasteiger partial charge in [0.1, 0.15) is 5.75 Å². The summed E-state index contributed by atoms with van der Waals surface area (Å²) in [5, 5.41) is 10.0. The highest BCUT2D eigenvalue weighted by Crippen LogP contribution is 2.34. The Labute approximate surface area is 115 Å². The van der Waals surface area contributed by atoms with Gasteiger partial charge in [-0.15, -0.1) is 0 Å². The van der Waals surface area contributed by atoms with E-state index in [0.717, 1.165) is 11.1 Å². The van der Waals surface area contributed by atoms with Gasteiger partial charge in [-0.25, -0.2) is 9.97 Å². The molecule has 0 atom stereocenters. The number of anilines is 1. The first-order valence-electron chi connectivity index (χ1n) is 6.07. The van der Waals surface area contributed by atoms with Crippen molar-refractivity contribution < 1.29 is 5.11 Å². The molecule has 2 heterocycles. The lowest BCUT2D eigenvalue weighted by molar-refractivity contribution is 0.477. The predicted molar refractivity (Wildman–Crippen MR) is 76.8 cm³/mol. The van der Waals surface area contributed by atoms with Crippen LogP contribution in [0.1, 0.15) is 0 Å². The standard InChI is InChI=1S/C15H12N4O/c16-15-18-9-12(10-4-3-7-17-8-10)14(19-15)11-5-1-2-6-13(11)20/h1-9,20H,(H2,16,18,19). The molecule has 0 saturated carbocycles. The Morgan fingerprint density at radius 3 is 2.55 bits per heavy atom. The third kappa shape index (κ3) is 2.16. The monoisotopic (exact) mass is 264 g/mol. The van der Waals surface area contributed by atoms with Gasteiger partial charge in [-0.3, -0.25) is 4.98 Å². The summed E-state index contributed by atoms with van der Waals surface area (Å²) in [5.41, 5.74) is 8.51. The van der Waals surface area contributed by atoms with Crippen LogP contribution in [0.25, 0.3) is 22.4 Å². The first kappa shape index (κ1) is 12.1. The molecule has 0 aliphatic rings. The van der Waals surface area contributed by atoms with Crippen molar-refractivity contribution >= 4 is 5.95 Å². The second kappa shape index (κ2) is 4.97. The molecule has 2 aromatic heterocycles. The summed E-state index contributed by atoms with van der Waals surface area (Å²) in [4.78, 5) is 12.4. The number of aromatic nitrogens is 3. The van der Waals surface area contributed by atoms with Gasteiger partial charge in [0.15, 0.2) is 0 Å². The van der Waals surface area contributed by atoms with Gasteiger partial charge >= 0.3 is 0 Å². The van der Waals surface area contributed by atoms with Crippen molar-refractivity contribution in [2.24, 2.45) is 0 Å². The Kier molecular flexibility index (Phi) is 3.01. The van der Waals surface area contributed by atoms with E-state index in [1.807, 2.05) is 18.2 Å². The molecule has 0 bridgehead atoms. The van der Waals surface area contributed by atoms with Crippen molar-refractivity contribution in [1.29, 1.82) is 0 Å². The lowest BCUT2D eigenvalue weighted by atomic mass is 10.0. The zero-order valence-electron chi connectivity index (χ0n) is 10.6. The van der Waals surface area contributed by atoms with Crippen LogP contribution < -0.4 is 5.73 Å². The molecular weight excluding hydrogens is 252 g/mol. The van der Waals surface area contributed by atoms with Crippen LogP contribution in [0.3, 0.4) is 0 Å². The quantitative estimate of drug-likeness (QED) is 0.742. The number of nitrogens with zero attached hydrogens (tertiary/aromatic N) is 3. The molecular formula is C15H12N4O. The van der Waals surface area contributed by atoms with Gasteiger partial charge in [-0.05, 0) is 18.2 Å². The first-order valence-corrected chi connectivity index (χ1v) is 6.07. The van der Waals surface area contributed by atoms with E-state index in [9.17, 15) is 5.11 Å². The molecule has 0 aliphatic heterocycles. The number of hydrogen-bond acceptors (Lipinski definition) is 5. The molecule has 5 nitrogen and oxygen atoms in total. The summed E-state index contributed by atoms with van der Waals surface area (Å²) in [5.74, 6) is 0.312. The van der Waals surface area contributed by atoms with Crippen molar-refractivity contribution in [2.75, 3.05) is 5.73 Å². The smallest absolute Gasteiger partial charge is 0.220 e. The molecule has 0 radical (unpaired) electrons. The number of pyridine rings is 1. The third-order valence-corrected chi connectivity index (χ3v) is 2.94. The minimum Gasteiger partial charge on any atom is -0.507 e. The molecule has 3 rings (SSSR count). The first-order chi connectivity index (χ1) is 9.75. The van der Waals surface area contributed by atoms with Crippen molar-refractivity contribution in [1.82, 2.24) is 15.0 Å². The van der Waals surface area contributed by atoms with E-state index >= 15 is 0 Å². The van der Waals surface area contributed by atoms with E-state index in [1.54, 1.807) is 36.8 Å². The van der Waals surface area contributed by atoms with Crippen LogP contribution in [0.15, 0.2) is 55.0 Å². The minimum absolute atomic E-state index is 0.149. The van der Waals surface area contributed by atoms with Crippen LogP contribution in [0, 0.1) is 0 Å². The molecule has 0 unspecified atom stereocenters. The molecule has 98 valence electrons. The lowest BCUT2D eigenvalue weighted by Gasteiger charge is -2.10. The van der Waals surface area contributed by atoms with Crippen LogP contribution >= 0.6 is 0 Å². The SMILES string of the molecule is Nc1ncc(-c2cccnc2)c(-c2ccccc2O)n1. The molecule has 20 heavy (non-hydrogen) atoms. The maximum atomic E-state index is 10.0. The summed E-state index contributed by atoms with van der Waals surface area (Å²) >= 11 is 0. The highest BCUT2D eigenvalue weighted by molar-refractivity contribution is 5.82. The van der Waals surface area contributed by atoms with Crippen LogP contribution in [0.4, 0.5) is 5.95 Å². The van der Waals surface area contributed by atoms with Crippen LogP contribution in [0.5, 0.6) is 5.75 Å². The number of nitrogen functional groups attached to an aromatic ring is 1. The molecule has 3 N–H and O–H groups in total. The summed E-state index contributed by atoms with van der Waals surface area (Å²) in [6.45, 7) is 0. The van der Waals surface area contributed by atoms with E-state index in [4.69, 9.17) is 5.73 Å². The number of benzene rings is 1. The molecule has 5 heteroatoms. The topological polar surface area (TPSA) is 84.9 Å². The zero-order valence-corrected chi connectivity index (χ0v) is 10.6. The maximum Gasteiger partial charge on any atom is 0.220 e. The Hall–Kier alpha value is -2.95. The molecule has 0 amide bonds. The van der Waals surface area contributed by atoms with E-state index < -0.39 is 0 Å². The second-order valence-corrected chi connectivity index (χ2v) is 4.25. The highest BCUT2D eigenvalue weighted by Gasteiger charge is 2.13. The van der Waals surface area contributed by atoms with Crippen LogP contribution in [-0.2, 0) is 0 Å². The second-order valence-electron chi connectivity index (χ2n) is 4.25. The minimum atomic E-state index is 0.149. The number of phenolic OH excluding ortho intramolecular Hbond substituents is 1. The molecule has 0 aliphatic carbocycles. The summed E-state index contributed by atoms with van der Waals surface area (Å²) in [6, 6.07) is 10.7. The largest absolute Gasteiger partial charge is 0.507 e. The third-order valence-electron chi connectivity index (χ3n) is 2.94. The fourth-order valence-electron chi connectivity index (χ4n) is 2.01. The average molecular weight is 264 g/mol. The van der Waals surface area contributed by atoms with Gasteiger partial charge in [0.25, 0.3) is 0 Å². The molecule has 0 fully saturated rings. The number of aromatic hydroxyl groups is 1. The van der Waals surface area contributed by atoms with Crippen molar-refractivity contribution in [3.8, 4) is 28.1 Å². The Bertz CT molecular complexity index is 744. The van der Waals surface area contributed by atoms with Gasteiger partial charge in [0, 0.05) is 35.3 Å². The van der Waals surface area contributed by atoms with Gasteiger partial charge in [0.2, 0.25) is 5.95 Å². The van der Waals surface area contributed by atoms with Crippen LogP contribution in [0.2, 0.25) is 0 Å². The summed E-state index contributed by atoms with van der Waals surface area (Å²) in [6.07, 6.45) is 5.06. The van der Waals surface area contributed by atoms with Gasteiger partial charge in [-0.1, -0.05) is 18.2 Å². The Morgan fingerprint density at radius 1 is 0.950 bits per heavy atom.